The maximum absolute atomic E-state index is 6.11. The number of nitrogens with two attached hydrogens (primary N) is 1. The molecule has 0 atom stereocenters. The van der Waals surface area contributed by atoms with Gasteiger partial charge in [0.25, 0.3) is 5.89 Å². The van der Waals surface area contributed by atoms with Crippen molar-refractivity contribution in [2.24, 2.45) is 0 Å². The topological polar surface area (TPSA) is 64.9 Å². The van der Waals surface area contributed by atoms with Gasteiger partial charge in [0.1, 0.15) is 0 Å². The Hall–Kier alpha value is -2.04. The van der Waals surface area contributed by atoms with E-state index in [9.17, 15) is 0 Å². The molecule has 0 aliphatic rings. The molecule has 1 aromatic heterocycles. The molecular weight excluding hydrogens is 297 g/mol. The van der Waals surface area contributed by atoms with Gasteiger partial charge in [-0.05, 0) is 36.4 Å². The maximum atomic E-state index is 6.11. The number of halogens is 2. The van der Waals surface area contributed by atoms with Gasteiger partial charge in [-0.3, -0.25) is 0 Å². The van der Waals surface area contributed by atoms with Crippen LogP contribution in [-0.2, 0) is 0 Å². The lowest BCUT2D eigenvalue weighted by molar-refractivity contribution is 0.432. The maximum Gasteiger partial charge on any atom is 0.261 e. The molecule has 100 valence electrons. The number of rotatable bonds is 2. The fourth-order valence-corrected chi connectivity index (χ4v) is 2.34. The van der Waals surface area contributed by atoms with E-state index in [1.165, 1.54) is 0 Å². The Kier molecular flexibility index (Phi) is 3.34. The highest BCUT2D eigenvalue weighted by Gasteiger charge is 2.16. The first-order valence-electron chi connectivity index (χ1n) is 5.79. The molecule has 6 heteroatoms. The van der Waals surface area contributed by atoms with Gasteiger partial charge in [0.15, 0.2) is 0 Å². The summed E-state index contributed by atoms with van der Waals surface area (Å²) in [7, 11) is 0. The van der Waals surface area contributed by atoms with E-state index < -0.39 is 0 Å². The zero-order valence-corrected chi connectivity index (χ0v) is 11.7. The molecule has 2 aromatic carbocycles. The van der Waals surface area contributed by atoms with Crippen LogP contribution in [0.25, 0.3) is 22.8 Å². The van der Waals surface area contributed by atoms with Crippen LogP contribution in [-0.4, -0.2) is 10.1 Å². The van der Waals surface area contributed by atoms with Crippen LogP contribution in [0.2, 0.25) is 10.0 Å². The van der Waals surface area contributed by atoms with E-state index in [2.05, 4.69) is 10.1 Å². The molecule has 0 amide bonds. The van der Waals surface area contributed by atoms with E-state index in [0.717, 1.165) is 5.56 Å². The molecule has 3 rings (SSSR count). The van der Waals surface area contributed by atoms with Gasteiger partial charge in [0.05, 0.1) is 15.6 Å². The fraction of sp³-hybridized carbons (Fsp3) is 0. The molecule has 0 fully saturated rings. The summed E-state index contributed by atoms with van der Waals surface area (Å²) in [5, 5.41) is 4.86. The van der Waals surface area contributed by atoms with Crippen LogP contribution in [0, 0.1) is 0 Å². The van der Waals surface area contributed by atoms with E-state index in [1.54, 1.807) is 30.3 Å². The first kappa shape index (κ1) is 13.0. The summed E-state index contributed by atoms with van der Waals surface area (Å²) in [6, 6.07) is 12.4. The number of anilines is 1. The van der Waals surface area contributed by atoms with Gasteiger partial charge in [0.2, 0.25) is 5.82 Å². The predicted molar refractivity (Wildman–Crippen MR) is 79.6 cm³/mol. The summed E-state index contributed by atoms with van der Waals surface area (Å²) in [6.07, 6.45) is 0. The molecule has 0 aliphatic carbocycles. The van der Waals surface area contributed by atoms with Gasteiger partial charge in [-0.15, -0.1) is 0 Å². The molecule has 0 saturated carbocycles. The molecule has 2 N–H and O–H groups in total. The Morgan fingerprint density at radius 1 is 0.950 bits per heavy atom. The monoisotopic (exact) mass is 305 g/mol. The molecule has 20 heavy (non-hydrogen) atoms. The van der Waals surface area contributed by atoms with Crippen LogP contribution in [0.4, 0.5) is 5.69 Å². The SMILES string of the molecule is Nc1ccc(-c2noc(-c3c(Cl)cccc3Cl)n2)cc1. The number of hydrogen-bond acceptors (Lipinski definition) is 4. The van der Waals surface area contributed by atoms with Crippen molar-refractivity contribution in [3.8, 4) is 22.8 Å². The third-order valence-electron chi connectivity index (χ3n) is 2.77. The Morgan fingerprint density at radius 3 is 2.25 bits per heavy atom. The summed E-state index contributed by atoms with van der Waals surface area (Å²) >= 11 is 12.2. The van der Waals surface area contributed by atoms with Crippen molar-refractivity contribution in [1.29, 1.82) is 0 Å². The summed E-state index contributed by atoms with van der Waals surface area (Å²) in [5.74, 6) is 0.739. The molecule has 0 spiro atoms. The highest BCUT2D eigenvalue weighted by molar-refractivity contribution is 6.38. The van der Waals surface area contributed by atoms with Crippen molar-refractivity contribution in [2.75, 3.05) is 5.73 Å². The standard InChI is InChI=1S/C14H9Cl2N3O/c15-10-2-1-3-11(16)12(10)14-18-13(19-20-14)8-4-6-9(17)7-5-8/h1-7H,17H2. The molecule has 3 aromatic rings. The molecule has 0 aliphatic heterocycles. The fourth-order valence-electron chi connectivity index (χ4n) is 1.78. The van der Waals surface area contributed by atoms with Crippen LogP contribution >= 0.6 is 23.2 Å². The molecule has 1 heterocycles. The summed E-state index contributed by atoms with van der Waals surface area (Å²) < 4.78 is 5.24. The van der Waals surface area contributed by atoms with Gasteiger partial charge in [-0.25, -0.2) is 0 Å². The number of nitrogens with zero attached hydrogens (tertiary/aromatic N) is 2. The number of aromatic nitrogens is 2. The lowest BCUT2D eigenvalue weighted by Crippen LogP contribution is -1.85. The highest BCUT2D eigenvalue weighted by Crippen LogP contribution is 2.34. The first-order valence-corrected chi connectivity index (χ1v) is 6.55. The minimum absolute atomic E-state index is 0.285. The highest BCUT2D eigenvalue weighted by atomic mass is 35.5. The molecule has 4 nitrogen and oxygen atoms in total. The Bertz CT molecular complexity index is 733. The summed E-state index contributed by atoms with van der Waals surface area (Å²) in [6.45, 7) is 0. The minimum Gasteiger partial charge on any atom is -0.399 e. The molecule has 0 bridgehead atoms. The van der Waals surface area contributed by atoms with Crippen molar-refractivity contribution >= 4 is 28.9 Å². The van der Waals surface area contributed by atoms with Gasteiger partial charge < -0.3 is 10.3 Å². The van der Waals surface area contributed by atoms with Gasteiger partial charge in [-0.1, -0.05) is 34.4 Å². The van der Waals surface area contributed by atoms with Gasteiger partial charge in [0, 0.05) is 11.3 Å². The smallest absolute Gasteiger partial charge is 0.261 e. The van der Waals surface area contributed by atoms with Crippen LogP contribution < -0.4 is 5.73 Å². The molecular formula is C14H9Cl2N3O. The van der Waals surface area contributed by atoms with Crippen molar-refractivity contribution in [1.82, 2.24) is 10.1 Å². The molecule has 0 radical (unpaired) electrons. The third-order valence-corrected chi connectivity index (χ3v) is 3.40. The van der Waals surface area contributed by atoms with Crippen LogP contribution in [0.15, 0.2) is 47.0 Å². The second-order valence-electron chi connectivity index (χ2n) is 4.14. The lowest BCUT2D eigenvalue weighted by atomic mass is 10.2. The second kappa shape index (κ2) is 5.15. The zero-order chi connectivity index (χ0) is 14.1. The van der Waals surface area contributed by atoms with Crippen molar-refractivity contribution in [3.63, 3.8) is 0 Å². The Labute approximate surface area is 125 Å². The first-order chi connectivity index (χ1) is 9.65. The number of hydrogen-bond donors (Lipinski definition) is 1. The Balaban J connectivity index is 2.04. The van der Waals surface area contributed by atoms with E-state index in [4.69, 9.17) is 33.5 Å². The normalized spacial score (nSPS) is 10.7. The largest absolute Gasteiger partial charge is 0.399 e. The molecule has 0 saturated heterocycles. The van der Waals surface area contributed by atoms with E-state index in [0.29, 0.717) is 27.1 Å². The predicted octanol–water partition coefficient (Wildman–Crippen LogP) is 4.29. The summed E-state index contributed by atoms with van der Waals surface area (Å²) in [5.41, 5.74) is 7.65. The van der Waals surface area contributed by atoms with Crippen molar-refractivity contribution in [2.45, 2.75) is 0 Å². The quantitative estimate of drug-likeness (QED) is 0.717. The van der Waals surface area contributed by atoms with Gasteiger partial charge >= 0.3 is 0 Å². The number of benzene rings is 2. The van der Waals surface area contributed by atoms with Gasteiger partial charge in [-0.2, -0.15) is 4.98 Å². The number of nitrogen functional groups attached to an aromatic ring is 1. The van der Waals surface area contributed by atoms with Crippen molar-refractivity contribution in [3.05, 3.63) is 52.5 Å². The second-order valence-corrected chi connectivity index (χ2v) is 4.96. The summed E-state index contributed by atoms with van der Waals surface area (Å²) in [4.78, 5) is 4.31. The average Bonchev–Trinajstić information content (AvgIpc) is 2.89. The van der Waals surface area contributed by atoms with Crippen LogP contribution in [0.3, 0.4) is 0 Å². The van der Waals surface area contributed by atoms with E-state index in [-0.39, 0.29) is 5.89 Å². The van der Waals surface area contributed by atoms with Crippen LogP contribution in [0.5, 0.6) is 0 Å². The van der Waals surface area contributed by atoms with Crippen LogP contribution in [0.1, 0.15) is 0 Å². The lowest BCUT2D eigenvalue weighted by Gasteiger charge is -2.00. The zero-order valence-electron chi connectivity index (χ0n) is 10.2. The minimum atomic E-state index is 0.285. The van der Waals surface area contributed by atoms with E-state index >= 15 is 0 Å². The van der Waals surface area contributed by atoms with E-state index in [1.807, 2.05) is 12.1 Å². The Morgan fingerprint density at radius 2 is 1.60 bits per heavy atom. The molecule has 0 unspecified atom stereocenters. The van der Waals surface area contributed by atoms with Crippen molar-refractivity contribution < 1.29 is 4.52 Å². The average molecular weight is 306 g/mol. The third kappa shape index (κ3) is 2.35.